The number of nitrogens with one attached hydrogen (secondary N) is 1. The molecule has 8 nitrogen and oxygen atoms in total. The second-order valence-corrected chi connectivity index (χ2v) is 11.9. The van der Waals surface area contributed by atoms with Gasteiger partial charge < -0.3 is 15.6 Å². The van der Waals surface area contributed by atoms with Gasteiger partial charge in [0.2, 0.25) is 0 Å². The molecule has 0 saturated carbocycles. The fraction of sp³-hybridized carbons (Fsp3) is 0.235. The van der Waals surface area contributed by atoms with Crippen molar-refractivity contribution in [3.05, 3.63) is 105 Å². The molecule has 0 spiro atoms. The average Bonchev–Trinajstić information content (AvgIpc) is 3.66. The molecule has 9 heteroatoms. The maximum Gasteiger partial charge on any atom is 0.258 e. The Morgan fingerprint density at radius 3 is 2.47 bits per heavy atom. The van der Waals surface area contributed by atoms with Crippen LogP contribution in [0.4, 0.5) is 11.4 Å². The second-order valence-electron chi connectivity index (χ2n) is 10.8. The number of anilines is 2. The molecule has 0 saturated heterocycles. The molecule has 0 unspecified atom stereocenters. The van der Waals surface area contributed by atoms with Crippen LogP contribution in [0, 0.1) is 42.4 Å². The van der Waals surface area contributed by atoms with E-state index in [1.165, 1.54) is 4.88 Å². The van der Waals surface area contributed by atoms with Crippen molar-refractivity contribution in [1.29, 1.82) is 10.5 Å². The lowest BCUT2D eigenvalue weighted by Gasteiger charge is -2.21. The summed E-state index contributed by atoms with van der Waals surface area (Å²) >= 11 is 1.67. The van der Waals surface area contributed by atoms with Gasteiger partial charge in [-0.2, -0.15) is 15.6 Å². The molecule has 2 atom stereocenters. The number of amides is 1. The van der Waals surface area contributed by atoms with Crippen molar-refractivity contribution in [3.8, 4) is 17.1 Å². The van der Waals surface area contributed by atoms with Gasteiger partial charge in [0.25, 0.3) is 5.91 Å². The van der Waals surface area contributed by atoms with Crippen LogP contribution in [0.1, 0.15) is 50.6 Å². The molecule has 3 heterocycles. The molecule has 6 rings (SSSR count). The molecule has 2 aliphatic rings. The van der Waals surface area contributed by atoms with Crippen molar-refractivity contribution in [1.82, 2.24) is 4.57 Å². The van der Waals surface area contributed by atoms with Crippen LogP contribution in [0.25, 0.3) is 11.1 Å². The number of nitrogens with two attached hydrogens (primary N) is 1. The zero-order valence-electron chi connectivity index (χ0n) is 24.0. The molecule has 2 aromatic carbocycles. The summed E-state index contributed by atoms with van der Waals surface area (Å²) in [5, 5.41) is 30.5. The number of aromatic nitrogens is 1. The van der Waals surface area contributed by atoms with Gasteiger partial charge in [-0.3, -0.25) is 4.79 Å². The fourth-order valence-electron chi connectivity index (χ4n) is 5.94. The summed E-state index contributed by atoms with van der Waals surface area (Å²) in [6, 6.07) is 25.4. The summed E-state index contributed by atoms with van der Waals surface area (Å²) in [5.74, 6) is -0.887. The molecule has 0 bridgehead atoms. The number of para-hydroxylation sites is 2. The Morgan fingerprint density at radius 1 is 1.07 bits per heavy atom. The predicted molar refractivity (Wildman–Crippen MR) is 171 cm³/mol. The van der Waals surface area contributed by atoms with E-state index in [2.05, 4.69) is 27.1 Å². The van der Waals surface area contributed by atoms with E-state index in [9.17, 15) is 15.3 Å². The first kappa shape index (κ1) is 28.2. The number of nitriles is 2. The van der Waals surface area contributed by atoms with Crippen LogP contribution in [-0.2, 0) is 12.8 Å². The van der Waals surface area contributed by atoms with E-state index in [0.29, 0.717) is 5.71 Å². The highest BCUT2D eigenvalue weighted by Crippen LogP contribution is 2.39. The lowest BCUT2D eigenvalue weighted by molar-refractivity contribution is 0.102. The topological polar surface area (TPSA) is 123 Å². The number of hydrogen-bond donors (Lipinski definition) is 2. The lowest BCUT2D eigenvalue weighted by atomic mass is 9.95. The fourth-order valence-corrected chi connectivity index (χ4v) is 7.44. The van der Waals surface area contributed by atoms with E-state index in [4.69, 9.17) is 5.73 Å². The van der Waals surface area contributed by atoms with Crippen LogP contribution in [0.2, 0.25) is 0 Å². The third-order valence-electron chi connectivity index (χ3n) is 8.07. The summed E-state index contributed by atoms with van der Waals surface area (Å²) < 4.78 is 2.12. The van der Waals surface area contributed by atoms with Crippen LogP contribution in [0.5, 0.6) is 0 Å². The molecule has 1 aliphatic heterocycles. The summed E-state index contributed by atoms with van der Waals surface area (Å²) in [6.07, 6.45) is 5.07. The number of aryl methyl sites for hydroxylation is 2. The Kier molecular flexibility index (Phi) is 7.69. The van der Waals surface area contributed by atoms with Crippen LogP contribution < -0.4 is 16.1 Å². The van der Waals surface area contributed by atoms with E-state index < -0.39 is 12.1 Å². The summed E-state index contributed by atoms with van der Waals surface area (Å²) in [4.78, 5) is 15.0. The van der Waals surface area contributed by atoms with Crippen molar-refractivity contribution in [2.75, 3.05) is 10.3 Å². The van der Waals surface area contributed by atoms with Crippen LogP contribution in [0.15, 0.2) is 77.4 Å². The molecule has 1 aliphatic carbocycles. The Balaban J connectivity index is 1.42. The van der Waals surface area contributed by atoms with Crippen molar-refractivity contribution in [3.63, 3.8) is 0 Å². The molecule has 0 radical (unpaired) electrons. The molecule has 43 heavy (non-hydrogen) atoms. The predicted octanol–water partition coefficient (Wildman–Crippen LogP) is 6.49. The van der Waals surface area contributed by atoms with Gasteiger partial charge in [0.15, 0.2) is 0 Å². The van der Waals surface area contributed by atoms with Crippen LogP contribution in [-0.4, -0.2) is 22.4 Å². The Labute approximate surface area is 255 Å². The van der Waals surface area contributed by atoms with Gasteiger partial charge in [0.05, 0.1) is 28.6 Å². The van der Waals surface area contributed by atoms with Gasteiger partial charge in [-0.05, 0) is 87.1 Å². The Hall–Kier alpha value is -4.96. The van der Waals surface area contributed by atoms with E-state index in [0.717, 1.165) is 70.1 Å². The number of benzene rings is 2. The molecule has 0 fully saturated rings. The number of fused-ring (bicyclic) bond motifs is 1. The Morgan fingerprint density at radius 2 is 1.77 bits per heavy atom. The van der Waals surface area contributed by atoms with Gasteiger partial charge in [-0.15, -0.1) is 11.3 Å². The average molecular weight is 586 g/mol. The van der Waals surface area contributed by atoms with Crippen molar-refractivity contribution in [2.45, 2.75) is 45.7 Å². The number of thiophene rings is 1. The number of allylic oxidation sites excluding steroid dienone is 1. The molecule has 1 amide bonds. The highest BCUT2D eigenvalue weighted by molar-refractivity contribution is 7.15. The largest absolute Gasteiger partial charge is 0.322 e. The van der Waals surface area contributed by atoms with Crippen LogP contribution >= 0.6 is 11.3 Å². The maximum atomic E-state index is 13.8. The van der Waals surface area contributed by atoms with Gasteiger partial charge in [0, 0.05) is 22.0 Å². The number of hydrogen-bond acceptors (Lipinski definition) is 7. The monoisotopic (exact) mass is 585 g/mol. The number of nitrogens with zero attached hydrogens (tertiary/aromatic N) is 5. The first-order valence-electron chi connectivity index (χ1n) is 14.3. The summed E-state index contributed by atoms with van der Waals surface area (Å²) in [6.45, 7) is 4.00. The maximum absolute atomic E-state index is 13.8. The third kappa shape index (κ3) is 5.14. The van der Waals surface area contributed by atoms with E-state index >= 15 is 0 Å². The first-order valence-corrected chi connectivity index (χ1v) is 15.1. The molecule has 3 N–H and O–H groups in total. The minimum atomic E-state index is -0.771. The van der Waals surface area contributed by atoms with E-state index in [1.54, 1.807) is 22.4 Å². The van der Waals surface area contributed by atoms with Gasteiger partial charge in [0.1, 0.15) is 23.2 Å². The third-order valence-corrected chi connectivity index (χ3v) is 9.35. The summed E-state index contributed by atoms with van der Waals surface area (Å²) in [5.41, 5.74) is 13.1. The minimum absolute atomic E-state index is 0.116. The zero-order chi connectivity index (χ0) is 30.1. The quantitative estimate of drug-likeness (QED) is 0.250. The highest BCUT2D eigenvalue weighted by Gasteiger charge is 2.38. The van der Waals surface area contributed by atoms with Gasteiger partial charge >= 0.3 is 0 Å². The summed E-state index contributed by atoms with van der Waals surface area (Å²) in [7, 11) is 0. The standard InChI is InChI=1S/C34H31N7OS/c1-21-17-23(18-24(19-35)31-28(20-36)32(37)41(39-31)26-13-7-4-8-14-26)22(2)40(21)34-30(27-15-9-10-16-29(27)43-34)33(42)38-25-11-5-3-6-12-25/h3-8,11-14,17-18,28,32H,9-10,15-16,37H2,1-2H3,(H,38,42)/b24-18-/t28-,32+/m1/s1. The molecule has 214 valence electrons. The smallest absolute Gasteiger partial charge is 0.258 e. The SMILES string of the molecule is Cc1cc(/C=C(/C#N)C2=NN(c3ccccc3)[C@H](N)[C@@H]2C#N)c(C)n1-c1sc2c(c1C(=O)Nc1ccccc1)CCCC2. The van der Waals surface area contributed by atoms with Crippen molar-refractivity contribution < 1.29 is 4.79 Å². The molecular formula is C34H31N7OS. The normalized spacial score (nSPS) is 18.0. The molecular weight excluding hydrogens is 554 g/mol. The van der Waals surface area contributed by atoms with E-state index in [-0.39, 0.29) is 11.5 Å². The lowest BCUT2D eigenvalue weighted by Crippen LogP contribution is -2.40. The van der Waals surface area contributed by atoms with Crippen molar-refractivity contribution >= 4 is 40.4 Å². The van der Waals surface area contributed by atoms with Crippen LogP contribution in [0.3, 0.4) is 0 Å². The first-order chi connectivity index (χ1) is 20.9. The Bertz CT molecular complexity index is 1840. The molecule has 2 aromatic heterocycles. The zero-order valence-corrected chi connectivity index (χ0v) is 24.9. The number of carbonyl (C=O) groups is 1. The van der Waals surface area contributed by atoms with Gasteiger partial charge in [-0.25, -0.2) is 5.01 Å². The highest BCUT2D eigenvalue weighted by atomic mass is 32.1. The number of carbonyl (C=O) groups excluding carboxylic acids is 1. The molecule has 4 aromatic rings. The number of hydrazone groups is 1. The second kappa shape index (κ2) is 11.7. The number of rotatable bonds is 6. The minimum Gasteiger partial charge on any atom is -0.322 e. The van der Waals surface area contributed by atoms with E-state index in [1.807, 2.05) is 80.6 Å². The van der Waals surface area contributed by atoms with Crippen molar-refractivity contribution in [2.24, 2.45) is 16.8 Å². The van der Waals surface area contributed by atoms with Gasteiger partial charge in [-0.1, -0.05) is 36.4 Å².